The molecule has 0 radical (unpaired) electrons. The molecule has 0 spiro atoms. The Morgan fingerprint density at radius 1 is 1.03 bits per heavy atom. The third-order valence-electron chi connectivity index (χ3n) is 7.37. The van der Waals surface area contributed by atoms with Crippen LogP contribution < -0.4 is 10.9 Å². The van der Waals surface area contributed by atoms with Crippen molar-refractivity contribution < 1.29 is 19.5 Å². The Morgan fingerprint density at radius 3 is 2.30 bits per heavy atom. The first kappa shape index (κ1) is 26.1. The maximum absolute atomic E-state index is 13.3. The van der Waals surface area contributed by atoms with E-state index < -0.39 is 23.3 Å². The summed E-state index contributed by atoms with van der Waals surface area (Å²) in [6.07, 6.45) is 3.90. The maximum Gasteiger partial charge on any atom is 0.326 e. The lowest BCUT2D eigenvalue weighted by Gasteiger charge is -2.34. The Bertz CT molecular complexity index is 1350. The number of fused-ring (bicyclic) bond motifs is 1. The van der Waals surface area contributed by atoms with Crippen LogP contribution in [0.25, 0.3) is 16.6 Å². The predicted octanol–water partition coefficient (Wildman–Crippen LogP) is 2.93. The Balaban J connectivity index is 1.52. The van der Waals surface area contributed by atoms with Gasteiger partial charge in [-0.05, 0) is 55.5 Å². The number of nitrogens with zero attached hydrogens (tertiary/aromatic N) is 3. The van der Waals surface area contributed by atoms with Crippen molar-refractivity contribution in [2.24, 2.45) is 5.41 Å². The third-order valence-corrected chi connectivity index (χ3v) is 7.37. The second-order valence-electron chi connectivity index (χ2n) is 9.46. The van der Waals surface area contributed by atoms with Gasteiger partial charge in [-0.25, -0.2) is 9.78 Å². The smallest absolute Gasteiger partial charge is 0.326 e. The highest BCUT2D eigenvalue weighted by Gasteiger charge is 2.46. The van der Waals surface area contributed by atoms with Crippen LogP contribution in [-0.4, -0.2) is 56.5 Å². The van der Waals surface area contributed by atoms with Crippen LogP contribution in [0.2, 0.25) is 0 Å². The van der Waals surface area contributed by atoms with Crippen LogP contribution in [0.1, 0.15) is 45.1 Å². The van der Waals surface area contributed by atoms with Crippen LogP contribution >= 0.6 is 0 Å². The molecule has 0 saturated carbocycles. The van der Waals surface area contributed by atoms with Gasteiger partial charge in [-0.1, -0.05) is 38.1 Å². The monoisotopic (exact) mass is 504 g/mol. The van der Waals surface area contributed by atoms with Crippen molar-refractivity contribution in [3.8, 4) is 5.69 Å². The number of nitrogens with one attached hydrogen (secondary N) is 1. The van der Waals surface area contributed by atoms with Crippen molar-refractivity contribution in [1.82, 2.24) is 19.8 Å². The molecule has 1 atom stereocenters. The van der Waals surface area contributed by atoms with Gasteiger partial charge in [-0.3, -0.25) is 19.0 Å². The molecule has 37 heavy (non-hydrogen) atoms. The topological polar surface area (TPSA) is 122 Å². The zero-order valence-corrected chi connectivity index (χ0v) is 21.1. The molecule has 9 heteroatoms. The van der Waals surface area contributed by atoms with Gasteiger partial charge < -0.3 is 15.3 Å². The van der Waals surface area contributed by atoms with Crippen LogP contribution in [0, 0.1) is 5.41 Å². The minimum absolute atomic E-state index is 0.0354. The van der Waals surface area contributed by atoms with E-state index in [1.807, 2.05) is 6.07 Å². The largest absolute Gasteiger partial charge is 0.480 e. The predicted molar refractivity (Wildman–Crippen MR) is 139 cm³/mol. The lowest BCUT2D eigenvalue weighted by molar-refractivity contribution is -0.153. The second-order valence-corrected chi connectivity index (χ2v) is 9.46. The van der Waals surface area contributed by atoms with E-state index in [9.17, 15) is 24.3 Å². The highest BCUT2D eigenvalue weighted by atomic mass is 16.4. The summed E-state index contributed by atoms with van der Waals surface area (Å²) in [5.74, 6) is -1.95. The van der Waals surface area contributed by atoms with E-state index >= 15 is 0 Å². The van der Waals surface area contributed by atoms with E-state index in [0.717, 1.165) is 12.8 Å². The van der Waals surface area contributed by atoms with Gasteiger partial charge in [0.15, 0.2) is 0 Å². The Labute approximate surface area is 215 Å². The fourth-order valence-corrected chi connectivity index (χ4v) is 4.97. The number of aromatic nitrogens is 2. The van der Waals surface area contributed by atoms with E-state index in [0.29, 0.717) is 48.1 Å². The molecule has 0 unspecified atom stereocenters. The van der Waals surface area contributed by atoms with E-state index in [-0.39, 0.29) is 17.9 Å². The summed E-state index contributed by atoms with van der Waals surface area (Å²) in [5.41, 5.74) is 0.385. The van der Waals surface area contributed by atoms with Crippen LogP contribution in [0.5, 0.6) is 0 Å². The average Bonchev–Trinajstić information content (AvgIpc) is 3.45. The molecule has 1 fully saturated rings. The minimum atomic E-state index is -1.29. The van der Waals surface area contributed by atoms with Crippen molar-refractivity contribution >= 4 is 28.7 Å². The molecule has 2 N–H and O–H groups in total. The first-order valence-corrected chi connectivity index (χ1v) is 12.7. The molecule has 0 bridgehead atoms. The van der Waals surface area contributed by atoms with Gasteiger partial charge in [0, 0.05) is 19.5 Å². The summed E-state index contributed by atoms with van der Waals surface area (Å²) < 4.78 is 1.43. The van der Waals surface area contributed by atoms with Gasteiger partial charge in [0.25, 0.3) is 5.56 Å². The third kappa shape index (κ3) is 5.12. The first-order chi connectivity index (χ1) is 17.8. The molecule has 2 heterocycles. The van der Waals surface area contributed by atoms with Gasteiger partial charge in [-0.15, -0.1) is 0 Å². The number of aliphatic carboxylic acids is 1. The molecular formula is C28H32N4O5. The fourth-order valence-electron chi connectivity index (χ4n) is 4.97. The average molecular weight is 505 g/mol. The Morgan fingerprint density at radius 2 is 1.68 bits per heavy atom. The minimum Gasteiger partial charge on any atom is -0.480 e. The van der Waals surface area contributed by atoms with E-state index in [4.69, 9.17) is 0 Å². The molecule has 2 amide bonds. The summed E-state index contributed by atoms with van der Waals surface area (Å²) in [7, 11) is 0. The van der Waals surface area contributed by atoms with Crippen LogP contribution in [0.4, 0.5) is 0 Å². The molecule has 1 aliphatic heterocycles. The number of carboxylic acids is 1. The zero-order chi connectivity index (χ0) is 26.6. The highest BCUT2D eigenvalue weighted by Crippen LogP contribution is 2.31. The molecule has 4 rings (SSSR count). The van der Waals surface area contributed by atoms with Gasteiger partial charge in [-0.2, -0.15) is 0 Å². The Kier molecular flexibility index (Phi) is 7.71. The molecular weight excluding hydrogens is 472 g/mol. The zero-order valence-electron chi connectivity index (χ0n) is 21.1. The van der Waals surface area contributed by atoms with Crippen molar-refractivity contribution in [2.45, 2.75) is 52.0 Å². The number of carboxylic acid groups (broad SMARTS) is 1. The standard InChI is InChI=1S/C28H32N4O5/c1-3-28(4-2,27(37)31-15-7-8-16-31)26(36)30-23(25(34)35)17-19-11-13-20(14-12-19)32-18-29-22-10-6-5-9-21(22)24(32)33/h5-6,9-14,18,23H,3-4,7-8,15-17H2,1-2H3,(H,30,36)(H,34,35)/t23-/m0/s1. The normalized spacial score (nSPS) is 14.5. The lowest BCUT2D eigenvalue weighted by Crippen LogP contribution is -2.55. The summed E-state index contributed by atoms with van der Waals surface area (Å²) >= 11 is 0. The first-order valence-electron chi connectivity index (χ1n) is 12.7. The number of hydrogen-bond acceptors (Lipinski definition) is 5. The fraction of sp³-hybridized carbons (Fsp3) is 0.393. The lowest BCUT2D eigenvalue weighted by atomic mass is 9.79. The van der Waals surface area contributed by atoms with Gasteiger partial charge >= 0.3 is 5.97 Å². The summed E-state index contributed by atoms with van der Waals surface area (Å²) in [6.45, 7) is 4.82. The number of para-hydroxylation sites is 1. The van der Waals surface area contributed by atoms with E-state index in [1.54, 1.807) is 61.2 Å². The molecule has 2 aromatic carbocycles. The SMILES string of the molecule is CCC(CC)(C(=O)N[C@@H](Cc1ccc(-n2cnc3ccccc3c2=O)cc1)C(=O)O)C(=O)N1CCCC1. The highest BCUT2D eigenvalue weighted by molar-refractivity contribution is 6.06. The van der Waals surface area contributed by atoms with Gasteiger partial charge in [0.05, 0.1) is 16.6 Å². The molecule has 1 aliphatic rings. The van der Waals surface area contributed by atoms with Crippen LogP contribution in [0.15, 0.2) is 59.7 Å². The number of benzene rings is 2. The number of carbonyl (C=O) groups is 3. The second kappa shape index (κ2) is 10.9. The maximum atomic E-state index is 13.3. The number of likely N-dealkylation sites (tertiary alicyclic amines) is 1. The van der Waals surface area contributed by atoms with E-state index in [1.165, 1.54) is 10.9 Å². The summed E-state index contributed by atoms with van der Waals surface area (Å²) in [6, 6.07) is 12.8. The molecule has 194 valence electrons. The summed E-state index contributed by atoms with van der Waals surface area (Å²) in [5, 5.41) is 13.0. The Hall–Kier alpha value is -4.01. The van der Waals surface area contributed by atoms with Crippen molar-refractivity contribution in [3.05, 3.63) is 70.8 Å². The van der Waals surface area contributed by atoms with Crippen molar-refractivity contribution in [1.29, 1.82) is 0 Å². The number of rotatable bonds is 9. The van der Waals surface area contributed by atoms with Crippen molar-refractivity contribution in [2.75, 3.05) is 13.1 Å². The number of amides is 2. The molecule has 1 saturated heterocycles. The van der Waals surface area contributed by atoms with Gasteiger partial charge in [0.1, 0.15) is 17.8 Å². The van der Waals surface area contributed by atoms with E-state index in [2.05, 4.69) is 10.3 Å². The van der Waals surface area contributed by atoms with Gasteiger partial charge in [0.2, 0.25) is 11.8 Å². The van der Waals surface area contributed by atoms with Crippen LogP contribution in [-0.2, 0) is 20.8 Å². The number of hydrogen-bond donors (Lipinski definition) is 2. The molecule has 0 aliphatic carbocycles. The summed E-state index contributed by atoms with van der Waals surface area (Å²) in [4.78, 5) is 57.6. The van der Waals surface area contributed by atoms with Crippen LogP contribution in [0.3, 0.4) is 0 Å². The molecule has 3 aromatic rings. The molecule has 9 nitrogen and oxygen atoms in total. The quantitative estimate of drug-likeness (QED) is 0.432. The number of carbonyl (C=O) groups excluding carboxylic acids is 2. The van der Waals surface area contributed by atoms with Crippen molar-refractivity contribution in [3.63, 3.8) is 0 Å². The molecule has 1 aromatic heterocycles.